The van der Waals surface area contributed by atoms with Crippen molar-refractivity contribution in [2.75, 3.05) is 31.6 Å². The van der Waals surface area contributed by atoms with Gasteiger partial charge in [-0.1, -0.05) is 19.1 Å². The molecule has 1 aromatic rings. The first-order valence-electron chi connectivity index (χ1n) is 8.68. The van der Waals surface area contributed by atoms with Crippen LogP contribution < -0.4 is 16.0 Å². The molecule has 3 N–H and O–H groups in total. The average Bonchev–Trinajstić information content (AvgIpc) is 2.57. The molecule has 0 aromatic heterocycles. The molecule has 0 aliphatic heterocycles. The molecule has 0 aliphatic carbocycles. The van der Waals surface area contributed by atoms with Gasteiger partial charge in [-0.3, -0.25) is 4.79 Å². The molecule has 0 saturated carbocycles. The third-order valence-corrected chi connectivity index (χ3v) is 3.19. The van der Waals surface area contributed by atoms with Crippen LogP contribution in [0.1, 0.15) is 39.2 Å². The van der Waals surface area contributed by atoms with Gasteiger partial charge >= 0.3 is 0 Å². The van der Waals surface area contributed by atoms with Crippen LogP contribution in [0.4, 0.5) is 5.69 Å². The minimum Gasteiger partial charge on any atom is -0.380 e. The number of nitrogens with one attached hydrogen (secondary N) is 3. The van der Waals surface area contributed by atoms with Crippen molar-refractivity contribution in [3.63, 3.8) is 0 Å². The summed E-state index contributed by atoms with van der Waals surface area (Å²) in [6, 6.07) is 7.79. The predicted octanol–water partition coefficient (Wildman–Crippen LogP) is 3.13. The number of carbonyl (C=O) groups excluding carboxylic acids is 1. The van der Waals surface area contributed by atoms with Crippen molar-refractivity contribution in [2.24, 2.45) is 4.99 Å². The van der Waals surface area contributed by atoms with E-state index in [2.05, 4.69) is 20.9 Å². The van der Waals surface area contributed by atoms with E-state index in [0.29, 0.717) is 32.7 Å². The van der Waals surface area contributed by atoms with E-state index in [4.69, 9.17) is 4.74 Å². The first-order valence-corrected chi connectivity index (χ1v) is 8.68. The SMILES string of the molecule is CCCC(=O)Nc1cccc(CN=C(NCC)NCCOCC)c1.I. The van der Waals surface area contributed by atoms with E-state index in [1.165, 1.54) is 0 Å². The summed E-state index contributed by atoms with van der Waals surface area (Å²) in [5.41, 5.74) is 1.86. The third kappa shape index (κ3) is 11.0. The second-order valence-electron chi connectivity index (χ2n) is 5.32. The van der Waals surface area contributed by atoms with Gasteiger partial charge in [0.1, 0.15) is 0 Å². The van der Waals surface area contributed by atoms with Crippen molar-refractivity contribution in [1.82, 2.24) is 10.6 Å². The second-order valence-corrected chi connectivity index (χ2v) is 5.32. The predicted molar refractivity (Wildman–Crippen MR) is 115 cm³/mol. The minimum absolute atomic E-state index is 0. The monoisotopic (exact) mass is 462 g/mol. The molecule has 0 radical (unpaired) electrons. The summed E-state index contributed by atoms with van der Waals surface area (Å²) in [7, 11) is 0. The van der Waals surface area contributed by atoms with E-state index in [1.54, 1.807) is 0 Å². The fraction of sp³-hybridized carbons (Fsp3) is 0.556. The lowest BCUT2D eigenvalue weighted by atomic mass is 10.2. The van der Waals surface area contributed by atoms with Gasteiger partial charge in [-0.2, -0.15) is 0 Å². The van der Waals surface area contributed by atoms with Crippen molar-refractivity contribution in [1.29, 1.82) is 0 Å². The van der Waals surface area contributed by atoms with Crippen molar-refractivity contribution in [3.8, 4) is 0 Å². The zero-order chi connectivity index (χ0) is 17.6. The topological polar surface area (TPSA) is 74.8 Å². The lowest BCUT2D eigenvalue weighted by Gasteiger charge is -2.11. The summed E-state index contributed by atoms with van der Waals surface area (Å²) < 4.78 is 5.31. The number of aliphatic imine (C=N–C) groups is 1. The Morgan fingerprint density at radius 1 is 1.20 bits per heavy atom. The Hall–Kier alpha value is -1.35. The van der Waals surface area contributed by atoms with E-state index in [-0.39, 0.29) is 29.9 Å². The fourth-order valence-electron chi connectivity index (χ4n) is 2.10. The molecule has 7 heteroatoms. The van der Waals surface area contributed by atoms with E-state index in [0.717, 1.165) is 30.2 Å². The van der Waals surface area contributed by atoms with Crippen LogP contribution in [0.15, 0.2) is 29.3 Å². The van der Waals surface area contributed by atoms with Crippen LogP contribution in [0, 0.1) is 0 Å². The number of nitrogens with zero attached hydrogens (tertiary/aromatic N) is 1. The lowest BCUT2D eigenvalue weighted by molar-refractivity contribution is -0.116. The first-order chi connectivity index (χ1) is 11.7. The lowest BCUT2D eigenvalue weighted by Crippen LogP contribution is -2.39. The molecular formula is C18H31IN4O2. The number of benzene rings is 1. The standard InChI is InChI=1S/C18H30N4O2.HI/c1-4-8-17(23)22-16-10-7-9-15(13-16)14-21-18(19-5-2)20-11-12-24-6-3;/h7,9-10,13H,4-6,8,11-12,14H2,1-3H3,(H,22,23)(H2,19,20,21);1H. The van der Waals surface area contributed by atoms with E-state index < -0.39 is 0 Å². The number of hydrogen-bond acceptors (Lipinski definition) is 3. The van der Waals surface area contributed by atoms with Crippen LogP contribution in [0.25, 0.3) is 0 Å². The maximum atomic E-state index is 11.7. The molecule has 142 valence electrons. The fourth-order valence-corrected chi connectivity index (χ4v) is 2.10. The molecule has 0 bridgehead atoms. The molecule has 6 nitrogen and oxygen atoms in total. The summed E-state index contributed by atoms with van der Waals surface area (Å²) in [4.78, 5) is 16.2. The maximum Gasteiger partial charge on any atom is 0.224 e. The average molecular weight is 462 g/mol. The van der Waals surface area contributed by atoms with E-state index in [1.807, 2.05) is 45.0 Å². The van der Waals surface area contributed by atoms with Crippen LogP contribution in [-0.4, -0.2) is 38.2 Å². The Morgan fingerprint density at radius 2 is 2.00 bits per heavy atom. The van der Waals surface area contributed by atoms with Gasteiger partial charge in [0.2, 0.25) is 5.91 Å². The van der Waals surface area contributed by atoms with Crippen LogP contribution in [0.5, 0.6) is 0 Å². The number of guanidine groups is 1. The molecule has 0 aliphatic rings. The number of carbonyl (C=O) groups is 1. The van der Waals surface area contributed by atoms with Crippen molar-refractivity contribution < 1.29 is 9.53 Å². The highest BCUT2D eigenvalue weighted by atomic mass is 127. The zero-order valence-corrected chi connectivity index (χ0v) is 17.8. The molecule has 1 rings (SSSR count). The van der Waals surface area contributed by atoms with Gasteiger partial charge in [-0.05, 0) is 38.0 Å². The summed E-state index contributed by atoms with van der Waals surface area (Å²) in [6.07, 6.45) is 1.38. The van der Waals surface area contributed by atoms with Gasteiger partial charge in [-0.25, -0.2) is 4.99 Å². The zero-order valence-electron chi connectivity index (χ0n) is 15.4. The largest absolute Gasteiger partial charge is 0.380 e. The summed E-state index contributed by atoms with van der Waals surface area (Å²) >= 11 is 0. The Balaban J connectivity index is 0.00000576. The van der Waals surface area contributed by atoms with Crippen LogP contribution in [0.3, 0.4) is 0 Å². The molecule has 0 spiro atoms. The number of anilines is 1. The van der Waals surface area contributed by atoms with Gasteiger partial charge < -0.3 is 20.7 Å². The Bertz CT molecular complexity index is 524. The molecular weight excluding hydrogens is 431 g/mol. The molecule has 1 amide bonds. The van der Waals surface area contributed by atoms with Gasteiger partial charge in [0.05, 0.1) is 13.2 Å². The first kappa shape index (κ1) is 23.6. The molecule has 0 fully saturated rings. The number of amides is 1. The summed E-state index contributed by atoms with van der Waals surface area (Å²) in [5, 5.41) is 9.35. The molecule has 0 unspecified atom stereocenters. The normalized spacial score (nSPS) is 10.8. The van der Waals surface area contributed by atoms with Crippen LogP contribution in [-0.2, 0) is 16.1 Å². The molecule has 1 aromatic carbocycles. The van der Waals surface area contributed by atoms with Crippen LogP contribution >= 0.6 is 24.0 Å². The number of halogens is 1. The van der Waals surface area contributed by atoms with Gasteiger partial charge in [0.15, 0.2) is 5.96 Å². The summed E-state index contributed by atoms with van der Waals surface area (Å²) in [6.45, 7) is 9.42. The highest BCUT2D eigenvalue weighted by Crippen LogP contribution is 2.12. The minimum atomic E-state index is 0. The quantitative estimate of drug-likeness (QED) is 0.216. The van der Waals surface area contributed by atoms with Gasteiger partial charge in [0.25, 0.3) is 0 Å². The highest BCUT2D eigenvalue weighted by molar-refractivity contribution is 14.0. The Morgan fingerprint density at radius 3 is 2.68 bits per heavy atom. The third-order valence-electron chi connectivity index (χ3n) is 3.19. The van der Waals surface area contributed by atoms with Crippen molar-refractivity contribution in [3.05, 3.63) is 29.8 Å². The second kappa shape index (κ2) is 14.9. The van der Waals surface area contributed by atoms with E-state index >= 15 is 0 Å². The van der Waals surface area contributed by atoms with Gasteiger partial charge in [-0.15, -0.1) is 24.0 Å². The van der Waals surface area contributed by atoms with Crippen molar-refractivity contribution >= 4 is 41.5 Å². The molecule has 0 saturated heterocycles. The summed E-state index contributed by atoms with van der Waals surface area (Å²) in [5.74, 6) is 0.807. The number of rotatable bonds is 10. The maximum absolute atomic E-state index is 11.7. The van der Waals surface area contributed by atoms with Crippen molar-refractivity contribution in [2.45, 2.75) is 40.2 Å². The highest BCUT2D eigenvalue weighted by Gasteiger charge is 2.02. The Labute approximate surface area is 168 Å². The van der Waals surface area contributed by atoms with Crippen LogP contribution in [0.2, 0.25) is 0 Å². The smallest absolute Gasteiger partial charge is 0.224 e. The molecule has 25 heavy (non-hydrogen) atoms. The molecule has 0 heterocycles. The van der Waals surface area contributed by atoms with E-state index in [9.17, 15) is 4.79 Å². The van der Waals surface area contributed by atoms with Gasteiger partial charge in [0, 0.05) is 31.8 Å². The molecule has 0 atom stereocenters. The number of hydrogen-bond donors (Lipinski definition) is 3. The number of ether oxygens (including phenoxy) is 1. The Kier molecular flexibility index (Phi) is 14.1.